The van der Waals surface area contributed by atoms with E-state index in [9.17, 15) is 0 Å². The monoisotopic (exact) mass is 283 g/mol. The number of rotatable bonds is 7. The topological polar surface area (TPSA) is 64.9 Å². The average molecular weight is 283 g/mol. The van der Waals surface area contributed by atoms with E-state index in [1.807, 2.05) is 4.68 Å². The number of ether oxygens (including phenoxy) is 1. The summed E-state index contributed by atoms with van der Waals surface area (Å²) in [5.41, 5.74) is 0.105. The van der Waals surface area contributed by atoms with E-state index in [1.165, 1.54) is 0 Å². The van der Waals surface area contributed by atoms with Crippen LogP contribution in [-0.4, -0.2) is 40.5 Å². The molecule has 0 radical (unpaired) electrons. The fourth-order valence-corrected chi connectivity index (χ4v) is 2.74. The van der Waals surface area contributed by atoms with Crippen LogP contribution in [-0.2, 0) is 10.3 Å². The number of methoxy groups -OCH3 is 1. The van der Waals surface area contributed by atoms with Gasteiger partial charge in [-0.15, -0.1) is 5.10 Å². The van der Waals surface area contributed by atoms with Crippen molar-refractivity contribution < 1.29 is 4.74 Å². The van der Waals surface area contributed by atoms with Crippen molar-refractivity contribution in [1.82, 2.24) is 25.5 Å². The first-order valence-corrected chi connectivity index (χ1v) is 7.18. The zero-order chi connectivity index (χ0) is 15.4. The van der Waals surface area contributed by atoms with Gasteiger partial charge in [0, 0.05) is 13.7 Å². The second-order valence-corrected chi connectivity index (χ2v) is 7.17. The summed E-state index contributed by atoms with van der Waals surface area (Å²) in [6.45, 7) is 14.6. The minimum atomic E-state index is -0.117. The minimum Gasteiger partial charge on any atom is -0.383 e. The largest absolute Gasteiger partial charge is 0.383 e. The Bertz CT molecular complexity index is 408. The number of nitrogens with zero attached hydrogens (tertiary/aromatic N) is 4. The molecule has 6 heteroatoms. The fourth-order valence-electron chi connectivity index (χ4n) is 2.74. The van der Waals surface area contributed by atoms with E-state index in [4.69, 9.17) is 4.74 Å². The Morgan fingerprint density at radius 3 is 2.45 bits per heavy atom. The number of hydrogen-bond acceptors (Lipinski definition) is 5. The second-order valence-electron chi connectivity index (χ2n) is 7.17. The maximum atomic E-state index is 5.05. The van der Waals surface area contributed by atoms with E-state index in [0.717, 1.165) is 18.8 Å². The van der Waals surface area contributed by atoms with Crippen LogP contribution in [0.2, 0.25) is 0 Å². The molecule has 116 valence electrons. The summed E-state index contributed by atoms with van der Waals surface area (Å²) < 4.78 is 7.00. The molecule has 0 aliphatic heterocycles. The molecule has 20 heavy (non-hydrogen) atoms. The molecule has 1 atom stereocenters. The van der Waals surface area contributed by atoms with E-state index in [2.05, 4.69) is 62.4 Å². The van der Waals surface area contributed by atoms with Gasteiger partial charge in [0.05, 0.1) is 18.2 Å². The smallest absolute Gasteiger partial charge is 0.168 e. The molecule has 1 aromatic heterocycles. The quantitative estimate of drug-likeness (QED) is 0.777. The summed E-state index contributed by atoms with van der Waals surface area (Å²) in [4.78, 5) is 0. The molecule has 0 saturated heterocycles. The fraction of sp³-hybridized carbons (Fsp3) is 0.929. The van der Waals surface area contributed by atoms with E-state index in [0.29, 0.717) is 6.61 Å². The summed E-state index contributed by atoms with van der Waals surface area (Å²) in [6.07, 6.45) is 1.00. The Morgan fingerprint density at radius 2 is 1.90 bits per heavy atom. The Balaban J connectivity index is 2.84. The number of aromatic nitrogens is 4. The van der Waals surface area contributed by atoms with Crippen LogP contribution >= 0.6 is 0 Å². The highest BCUT2D eigenvalue weighted by Gasteiger charge is 2.31. The SMILES string of the molecule is COCCNC(C)c1nnnn1C(C)(C)CC(C)(C)C. The Morgan fingerprint density at radius 1 is 1.25 bits per heavy atom. The van der Waals surface area contributed by atoms with Gasteiger partial charge in [-0.1, -0.05) is 20.8 Å². The molecule has 0 fully saturated rings. The third-order valence-corrected chi connectivity index (χ3v) is 3.17. The lowest BCUT2D eigenvalue weighted by Crippen LogP contribution is -2.36. The van der Waals surface area contributed by atoms with Crippen LogP contribution in [0.25, 0.3) is 0 Å². The minimum absolute atomic E-state index is 0.0967. The predicted molar refractivity (Wildman–Crippen MR) is 79.5 cm³/mol. The van der Waals surface area contributed by atoms with Gasteiger partial charge in [0.2, 0.25) is 0 Å². The van der Waals surface area contributed by atoms with Crippen LogP contribution < -0.4 is 5.32 Å². The lowest BCUT2D eigenvalue weighted by molar-refractivity contribution is 0.182. The molecule has 1 aromatic rings. The summed E-state index contributed by atoms with van der Waals surface area (Å²) in [7, 11) is 1.70. The first-order valence-electron chi connectivity index (χ1n) is 7.18. The van der Waals surface area contributed by atoms with Crippen molar-refractivity contribution >= 4 is 0 Å². The molecule has 1 unspecified atom stereocenters. The van der Waals surface area contributed by atoms with Gasteiger partial charge >= 0.3 is 0 Å². The molecule has 0 amide bonds. The summed E-state index contributed by atoms with van der Waals surface area (Å²) in [5, 5.41) is 15.6. The average Bonchev–Trinajstić information content (AvgIpc) is 2.75. The van der Waals surface area contributed by atoms with Gasteiger partial charge in [0.15, 0.2) is 5.82 Å². The highest BCUT2D eigenvalue weighted by atomic mass is 16.5. The van der Waals surface area contributed by atoms with Crippen molar-refractivity contribution in [2.24, 2.45) is 5.41 Å². The van der Waals surface area contributed by atoms with Crippen molar-refractivity contribution in [3.8, 4) is 0 Å². The summed E-state index contributed by atoms with van der Waals surface area (Å²) in [6, 6.07) is 0.0967. The van der Waals surface area contributed by atoms with E-state index in [-0.39, 0.29) is 17.0 Å². The van der Waals surface area contributed by atoms with Crippen LogP contribution in [0.1, 0.15) is 59.8 Å². The molecule has 1 N–H and O–H groups in total. The Labute approximate surface area is 122 Å². The van der Waals surface area contributed by atoms with E-state index >= 15 is 0 Å². The van der Waals surface area contributed by atoms with Gasteiger partial charge in [0.25, 0.3) is 0 Å². The lowest BCUT2D eigenvalue weighted by atomic mass is 9.82. The number of tetrazole rings is 1. The first-order chi connectivity index (χ1) is 9.17. The third kappa shape index (κ3) is 4.83. The maximum absolute atomic E-state index is 5.05. The lowest BCUT2D eigenvalue weighted by Gasteiger charge is -2.33. The van der Waals surface area contributed by atoms with E-state index in [1.54, 1.807) is 7.11 Å². The van der Waals surface area contributed by atoms with E-state index < -0.39 is 0 Å². The van der Waals surface area contributed by atoms with Crippen molar-refractivity contribution in [2.45, 2.75) is 59.5 Å². The molecule has 1 rings (SSSR count). The van der Waals surface area contributed by atoms with Crippen molar-refractivity contribution in [2.75, 3.05) is 20.3 Å². The summed E-state index contributed by atoms with van der Waals surface area (Å²) >= 11 is 0. The molecule has 0 spiro atoms. The molecule has 6 nitrogen and oxygen atoms in total. The zero-order valence-corrected chi connectivity index (χ0v) is 13.9. The van der Waals surface area contributed by atoms with Crippen molar-refractivity contribution in [1.29, 1.82) is 0 Å². The molecule has 0 aliphatic carbocycles. The highest BCUT2D eigenvalue weighted by Crippen LogP contribution is 2.32. The number of nitrogens with one attached hydrogen (secondary N) is 1. The first kappa shape index (κ1) is 17.0. The second kappa shape index (κ2) is 6.63. The molecule has 0 aliphatic rings. The van der Waals surface area contributed by atoms with Gasteiger partial charge in [-0.3, -0.25) is 0 Å². The maximum Gasteiger partial charge on any atom is 0.168 e. The molecule has 0 bridgehead atoms. The van der Waals surface area contributed by atoms with Crippen LogP contribution in [0.4, 0.5) is 0 Å². The molecule has 0 aromatic carbocycles. The normalized spacial score (nSPS) is 14.6. The van der Waals surface area contributed by atoms with Crippen molar-refractivity contribution in [3.05, 3.63) is 5.82 Å². The van der Waals surface area contributed by atoms with Gasteiger partial charge < -0.3 is 10.1 Å². The van der Waals surface area contributed by atoms with Crippen LogP contribution in [0.3, 0.4) is 0 Å². The van der Waals surface area contributed by atoms with Crippen LogP contribution in [0, 0.1) is 5.41 Å². The van der Waals surface area contributed by atoms with Crippen LogP contribution in [0.15, 0.2) is 0 Å². The molecular weight excluding hydrogens is 254 g/mol. The van der Waals surface area contributed by atoms with Crippen LogP contribution in [0.5, 0.6) is 0 Å². The third-order valence-electron chi connectivity index (χ3n) is 3.17. The summed E-state index contributed by atoms with van der Waals surface area (Å²) in [5.74, 6) is 0.871. The standard InChI is InChI=1S/C14H29N5O/c1-11(15-8-9-20-7)12-16-17-18-19(12)14(5,6)10-13(2,3)4/h11,15H,8-10H2,1-7H3. The van der Waals surface area contributed by atoms with Crippen molar-refractivity contribution in [3.63, 3.8) is 0 Å². The molecular formula is C14H29N5O. The number of hydrogen-bond donors (Lipinski definition) is 1. The predicted octanol–water partition coefficient (Wildman–Crippen LogP) is 2.14. The van der Waals surface area contributed by atoms with Gasteiger partial charge in [-0.25, -0.2) is 4.68 Å². The Hall–Kier alpha value is -1.01. The zero-order valence-electron chi connectivity index (χ0n) is 13.9. The molecule has 0 saturated carbocycles. The van der Waals surface area contributed by atoms with Gasteiger partial charge in [-0.2, -0.15) is 0 Å². The van der Waals surface area contributed by atoms with Gasteiger partial charge in [-0.05, 0) is 43.0 Å². The highest BCUT2D eigenvalue weighted by molar-refractivity contribution is 4.96. The van der Waals surface area contributed by atoms with Gasteiger partial charge in [0.1, 0.15) is 0 Å². The molecule has 1 heterocycles. The Kier molecular flexibility index (Phi) is 5.65.